The number of hydrogen-bond acceptors (Lipinski definition) is 2. The van der Waals surface area contributed by atoms with Crippen molar-refractivity contribution >= 4 is 11.6 Å². The number of ether oxygens (including phenoxy) is 1. The first kappa shape index (κ1) is 9.04. The maximum Gasteiger partial charge on any atom is 0.0906 e. The van der Waals surface area contributed by atoms with Gasteiger partial charge in [0.25, 0.3) is 0 Å². The molecular formula is C8H14ClNO. The normalized spacial score (nSPS) is 23.0. The Morgan fingerprint density at radius 3 is 2.73 bits per heavy atom. The highest BCUT2D eigenvalue weighted by molar-refractivity contribution is 6.25. The van der Waals surface area contributed by atoms with Gasteiger partial charge in [0.15, 0.2) is 0 Å². The van der Waals surface area contributed by atoms with Crippen molar-refractivity contribution in [1.82, 2.24) is 5.32 Å². The van der Waals surface area contributed by atoms with Crippen molar-refractivity contribution in [2.24, 2.45) is 0 Å². The molecule has 0 unspecified atom stereocenters. The molecule has 0 bridgehead atoms. The first-order valence-electron chi connectivity index (χ1n) is 3.77. The molecular weight excluding hydrogens is 162 g/mol. The van der Waals surface area contributed by atoms with Crippen LogP contribution in [0, 0.1) is 0 Å². The number of halogens is 1. The summed E-state index contributed by atoms with van der Waals surface area (Å²) in [6.07, 6.45) is 0. The Labute approximate surface area is 72.6 Å². The minimum absolute atomic E-state index is 0.0428. The van der Waals surface area contributed by atoms with Crippen molar-refractivity contribution in [2.75, 3.05) is 19.7 Å². The van der Waals surface area contributed by atoms with E-state index in [0.717, 1.165) is 18.7 Å². The lowest BCUT2D eigenvalue weighted by molar-refractivity contribution is -0.0562. The SMILES string of the molecule is CC(=CCl)COC1(C)CNC1. The van der Waals surface area contributed by atoms with Crippen LogP contribution in [0.2, 0.25) is 0 Å². The minimum Gasteiger partial charge on any atom is -0.368 e. The Morgan fingerprint density at radius 1 is 1.73 bits per heavy atom. The van der Waals surface area contributed by atoms with Gasteiger partial charge in [-0.2, -0.15) is 0 Å². The first-order chi connectivity index (χ1) is 5.16. The van der Waals surface area contributed by atoms with Crippen LogP contribution in [0.1, 0.15) is 13.8 Å². The molecule has 0 amide bonds. The molecule has 1 rings (SSSR count). The van der Waals surface area contributed by atoms with E-state index in [1.165, 1.54) is 0 Å². The monoisotopic (exact) mass is 175 g/mol. The summed E-state index contributed by atoms with van der Waals surface area (Å²) in [6.45, 7) is 6.60. The largest absolute Gasteiger partial charge is 0.368 e. The summed E-state index contributed by atoms with van der Waals surface area (Å²) >= 11 is 5.48. The fourth-order valence-corrected chi connectivity index (χ4v) is 0.962. The van der Waals surface area contributed by atoms with Crippen LogP contribution in [0.4, 0.5) is 0 Å². The molecule has 0 saturated carbocycles. The molecule has 1 N–H and O–H groups in total. The molecule has 11 heavy (non-hydrogen) atoms. The highest BCUT2D eigenvalue weighted by atomic mass is 35.5. The summed E-state index contributed by atoms with van der Waals surface area (Å²) in [7, 11) is 0. The number of rotatable bonds is 3. The maximum absolute atomic E-state index is 5.60. The van der Waals surface area contributed by atoms with E-state index in [9.17, 15) is 0 Å². The maximum atomic E-state index is 5.60. The van der Waals surface area contributed by atoms with Gasteiger partial charge in [-0.3, -0.25) is 0 Å². The quantitative estimate of drug-likeness (QED) is 0.702. The molecule has 1 aliphatic rings. The zero-order chi connectivity index (χ0) is 8.32. The van der Waals surface area contributed by atoms with E-state index in [2.05, 4.69) is 12.2 Å². The van der Waals surface area contributed by atoms with Crippen molar-refractivity contribution in [3.63, 3.8) is 0 Å². The second kappa shape index (κ2) is 3.57. The topological polar surface area (TPSA) is 21.3 Å². The molecule has 1 saturated heterocycles. The number of nitrogens with one attached hydrogen (secondary N) is 1. The summed E-state index contributed by atoms with van der Waals surface area (Å²) in [5.74, 6) is 0. The molecule has 1 heterocycles. The van der Waals surface area contributed by atoms with Crippen molar-refractivity contribution < 1.29 is 4.74 Å². The van der Waals surface area contributed by atoms with E-state index in [4.69, 9.17) is 16.3 Å². The van der Waals surface area contributed by atoms with E-state index in [1.54, 1.807) is 5.54 Å². The van der Waals surface area contributed by atoms with Crippen molar-refractivity contribution in [2.45, 2.75) is 19.4 Å². The van der Waals surface area contributed by atoms with Gasteiger partial charge in [-0.05, 0) is 19.4 Å². The molecule has 3 heteroatoms. The van der Waals surface area contributed by atoms with Gasteiger partial charge in [0.1, 0.15) is 0 Å². The molecule has 0 aromatic heterocycles. The number of hydrogen-bond donors (Lipinski definition) is 1. The van der Waals surface area contributed by atoms with Crippen LogP contribution < -0.4 is 5.32 Å². The molecule has 0 spiro atoms. The highest BCUT2D eigenvalue weighted by Crippen LogP contribution is 2.16. The Balaban J connectivity index is 2.21. The van der Waals surface area contributed by atoms with E-state index in [1.807, 2.05) is 6.92 Å². The van der Waals surface area contributed by atoms with Gasteiger partial charge < -0.3 is 10.1 Å². The van der Waals surface area contributed by atoms with Crippen LogP contribution in [0.25, 0.3) is 0 Å². The van der Waals surface area contributed by atoms with E-state index in [0.29, 0.717) is 6.61 Å². The van der Waals surface area contributed by atoms with Gasteiger partial charge in [0, 0.05) is 18.6 Å². The van der Waals surface area contributed by atoms with Gasteiger partial charge in [-0.1, -0.05) is 11.6 Å². The van der Waals surface area contributed by atoms with Crippen molar-refractivity contribution in [1.29, 1.82) is 0 Å². The molecule has 64 valence electrons. The zero-order valence-electron chi connectivity index (χ0n) is 6.98. The average Bonchev–Trinajstić information content (AvgIpc) is 1.96. The van der Waals surface area contributed by atoms with E-state index >= 15 is 0 Å². The smallest absolute Gasteiger partial charge is 0.0906 e. The van der Waals surface area contributed by atoms with E-state index in [-0.39, 0.29) is 5.60 Å². The Kier molecular flexibility index (Phi) is 2.93. The first-order valence-corrected chi connectivity index (χ1v) is 4.20. The Bertz CT molecular complexity index is 163. The van der Waals surface area contributed by atoms with Gasteiger partial charge >= 0.3 is 0 Å². The average molecular weight is 176 g/mol. The van der Waals surface area contributed by atoms with Crippen LogP contribution in [-0.4, -0.2) is 25.3 Å². The van der Waals surface area contributed by atoms with Crippen LogP contribution in [0.15, 0.2) is 11.1 Å². The van der Waals surface area contributed by atoms with E-state index < -0.39 is 0 Å². The third kappa shape index (κ3) is 2.47. The Hall–Kier alpha value is -0.0500. The van der Waals surface area contributed by atoms with Gasteiger partial charge in [0.05, 0.1) is 12.2 Å². The molecule has 0 aromatic carbocycles. The summed E-state index contributed by atoms with van der Waals surface area (Å²) < 4.78 is 5.60. The fourth-order valence-electron chi connectivity index (χ4n) is 0.899. The lowest BCUT2D eigenvalue weighted by Gasteiger charge is -2.39. The summed E-state index contributed by atoms with van der Waals surface area (Å²) in [5, 5.41) is 3.17. The molecule has 1 fully saturated rings. The molecule has 0 aliphatic carbocycles. The lowest BCUT2D eigenvalue weighted by Crippen LogP contribution is -2.59. The zero-order valence-corrected chi connectivity index (χ0v) is 7.74. The summed E-state index contributed by atoms with van der Waals surface area (Å²) in [5.41, 5.74) is 2.68. The van der Waals surface area contributed by atoms with Crippen LogP contribution >= 0.6 is 11.6 Å². The predicted molar refractivity (Wildman–Crippen MR) is 46.8 cm³/mol. The third-order valence-corrected chi connectivity index (χ3v) is 2.20. The van der Waals surface area contributed by atoms with Crippen molar-refractivity contribution in [3.05, 3.63) is 11.1 Å². The van der Waals surface area contributed by atoms with Crippen LogP contribution in [0.3, 0.4) is 0 Å². The van der Waals surface area contributed by atoms with Crippen LogP contribution in [0.5, 0.6) is 0 Å². The molecule has 1 aliphatic heterocycles. The fraction of sp³-hybridized carbons (Fsp3) is 0.750. The second-order valence-corrected chi connectivity index (χ2v) is 3.52. The second-order valence-electron chi connectivity index (χ2n) is 3.30. The molecule has 0 radical (unpaired) electrons. The summed E-state index contributed by atoms with van der Waals surface area (Å²) in [4.78, 5) is 0. The van der Waals surface area contributed by atoms with Crippen LogP contribution in [-0.2, 0) is 4.74 Å². The standard InChI is InChI=1S/C8H14ClNO/c1-7(3-9)4-11-8(2)5-10-6-8/h3,10H,4-6H2,1-2H3. The lowest BCUT2D eigenvalue weighted by atomic mass is 10.0. The molecule has 2 nitrogen and oxygen atoms in total. The molecule has 0 aromatic rings. The summed E-state index contributed by atoms with van der Waals surface area (Å²) in [6, 6.07) is 0. The Morgan fingerprint density at radius 2 is 2.36 bits per heavy atom. The van der Waals surface area contributed by atoms with Gasteiger partial charge in [-0.25, -0.2) is 0 Å². The minimum atomic E-state index is 0.0428. The van der Waals surface area contributed by atoms with Gasteiger partial charge in [0.2, 0.25) is 0 Å². The van der Waals surface area contributed by atoms with Gasteiger partial charge in [-0.15, -0.1) is 0 Å². The third-order valence-electron chi connectivity index (χ3n) is 1.83. The molecule has 0 atom stereocenters. The highest BCUT2D eigenvalue weighted by Gasteiger charge is 2.32. The predicted octanol–water partition coefficient (Wildman–Crippen LogP) is 1.51. The van der Waals surface area contributed by atoms with Crippen molar-refractivity contribution in [3.8, 4) is 0 Å².